The molecule has 5 nitrogen and oxygen atoms in total. The summed E-state index contributed by atoms with van der Waals surface area (Å²) < 4.78 is 0. The van der Waals surface area contributed by atoms with E-state index in [2.05, 4.69) is 37.2 Å². The van der Waals surface area contributed by atoms with E-state index in [0.29, 0.717) is 11.3 Å². The molecule has 0 aromatic heterocycles. The first-order chi connectivity index (χ1) is 14.9. The Morgan fingerprint density at radius 1 is 0.968 bits per heavy atom. The van der Waals surface area contributed by atoms with E-state index >= 15 is 0 Å². The number of benzene rings is 2. The van der Waals surface area contributed by atoms with Crippen LogP contribution < -0.4 is 10.2 Å². The number of carbonyl (C=O) groups is 3. The molecule has 3 aliphatic rings. The van der Waals surface area contributed by atoms with Crippen LogP contribution in [0.2, 0.25) is 0 Å². The highest BCUT2D eigenvalue weighted by Crippen LogP contribution is 2.60. The lowest BCUT2D eigenvalue weighted by Crippen LogP contribution is -2.37. The summed E-state index contributed by atoms with van der Waals surface area (Å²) in [5, 5.41) is 2.96. The average molecular weight is 546 g/mol. The molecule has 3 amide bonds. The van der Waals surface area contributed by atoms with Crippen molar-refractivity contribution in [1.82, 2.24) is 0 Å². The fourth-order valence-electron chi connectivity index (χ4n) is 5.59. The number of aryl methyl sites for hydroxylation is 1. The molecule has 0 unspecified atom stereocenters. The summed E-state index contributed by atoms with van der Waals surface area (Å²) in [5.41, 5.74) is 2.46. The zero-order chi connectivity index (χ0) is 21.9. The van der Waals surface area contributed by atoms with Crippen molar-refractivity contribution in [2.45, 2.75) is 29.4 Å². The summed E-state index contributed by atoms with van der Waals surface area (Å²) in [6.45, 7) is 2.03. The summed E-state index contributed by atoms with van der Waals surface area (Å²) in [7, 11) is 0. The summed E-state index contributed by atoms with van der Waals surface area (Å²) >= 11 is 7.43. The Kier molecular flexibility index (Phi) is 5.29. The number of hydrogen-bond acceptors (Lipinski definition) is 3. The molecule has 7 heteroatoms. The minimum absolute atomic E-state index is 0.137. The number of amides is 3. The van der Waals surface area contributed by atoms with E-state index < -0.39 is 0 Å². The minimum Gasteiger partial charge on any atom is -0.322 e. The average Bonchev–Trinajstić information content (AvgIpc) is 3.39. The largest absolute Gasteiger partial charge is 0.322 e. The van der Waals surface area contributed by atoms with E-state index in [0.717, 1.165) is 24.1 Å². The summed E-state index contributed by atoms with van der Waals surface area (Å²) in [5.74, 6) is -1.04. The van der Waals surface area contributed by atoms with Crippen molar-refractivity contribution in [3.05, 3.63) is 59.7 Å². The Labute approximate surface area is 197 Å². The lowest BCUT2D eigenvalue weighted by atomic mass is 9.81. The van der Waals surface area contributed by atoms with E-state index in [9.17, 15) is 14.4 Å². The number of carbonyl (C=O) groups excluding carboxylic acids is 3. The molecule has 1 heterocycles. The standard InChI is InChI=1S/C24H22Br2N2O3/c1-2-12-7-3-5-9-16(12)27-22(29)13-8-4-6-10-17(13)28-23(30)18-14-11-15(19(18)24(28)31)21(26)20(14)25/h3-10,14-15,18-21H,2,11H2,1H3,(H,27,29)/t14-,15-,18-,19-,20+,21+/m1/s1. The molecular weight excluding hydrogens is 524 g/mol. The van der Waals surface area contributed by atoms with Crippen LogP contribution in [0.3, 0.4) is 0 Å². The third-order valence-electron chi connectivity index (χ3n) is 7.02. The van der Waals surface area contributed by atoms with Crippen molar-refractivity contribution in [1.29, 1.82) is 0 Å². The molecule has 0 radical (unpaired) electrons. The summed E-state index contributed by atoms with van der Waals surface area (Å²) in [4.78, 5) is 41.6. The normalized spacial score (nSPS) is 31.3. The van der Waals surface area contributed by atoms with Crippen LogP contribution in [0.15, 0.2) is 48.5 Å². The van der Waals surface area contributed by atoms with E-state index in [1.54, 1.807) is 24.3 Å². The Balaban J connectivity index is 1.48. The van der Waals surface area contributed by atoms with Gasteiger partial charge in [-0.25, -0.2) is 4.90 Å². The van der Waals surface area contributed by atoms with Gasteiger partial charge in [-0.1, -0.05) is 69.1 Å². The van der Waals surface area contributed by atoms with Crippen molar-refractivity contribution in [2.24, 2.45) is 23.7 Å². The number of nitrogens with zero attached hydrogens (tertiary/aromatic N) is 1. The predicted octanol–water partition coefficient (Wildman–Crippen LogP) is 4.78. The van der Waals surface area contributed by atoms with Gasteiger partial charge < -0.3 is 5.32 Å². The third-order valence-corrected chi connectivity index (χ3v) is 10.2. The SMILES string of the molecule is CCc1ccccc1NC(=O)c1ccccc1N1C(=O)[C@@H]2[C@H]3C[C@@H]([C@H](Br)[C@H]3Br)[C@H]2C1=O. The van der Waals surface area contributed by atoms with Crippen LogP contribution in [0.1, 0.15) is 29.3 Å². The van der Waals surface area contributed by atoms with Crippen molar-refractivity contribution >= 4 is 61.0 Å². The highest BCUT2D eigenvalue weighted by molar-refractivity contribution is 9.12. The topological polar surface area (TPSA) is 66.5 Å². The molecule has 2 bridgehead atoms. The van der Waals surface area contributed by atoms with E-state index in [4.69, 9.17) is 0 Å². The number of fused-ring (bicyclic) bond motifs is 5. The number of halogens is 2. The van der Waals surface area contributed by atoms with Gasteiger partial charge in [-0.3, -0.25) is 14.4 Å². The number of imide groups is 1. The smallest absolute Gasteiger partial charge is 0.257 e. The molecule has 2 aliphatic carbocycles. The van der Waals surface area contributed by atoms with Crippen molar-refractivity contribution < 1.29 is 14.4 Å². The van der Waals surface area contributed by atoms with E-state index in [1.807, 2.05) is 31.2 Å². The molecular formula is C24H22Br2N2O3. The second-order valence-corrected chi connectivity index (χ2v) is 10.6. The second-order valence-electron chi connectivity index (χ2n) is 8.50. The van der Waals surface area contributed by atoms with Gasteiger partial charge in [-0.05, 0) is 48.4 Å². The first kappa shape index (κ1) is 20.9. The van der Waals surface area contributed by atoms with Crippen LogP contribution in [0.5, 0.6) is 0 Å². The Morgan fingerprint density at radius 3 is 2.19 bits per heavy atom. The fourth-order valence-corrected chi connectivity index (χ4v) is 7.46. The van der Waals surface area contributed by atoms with Crippen molar-refractivity contribution in [2.75, 3.05) is 10.2 Å². The second kappa shape index (κ2) is 7.85. The third kappa shape index (κ3) is 3.11. The van der Waals surface area contributed by atoms with Crippen LogP contribution in [0.25, 0.3) is 0 Å². The Morgan fingerprint density at radius 2 is 1.55 bits per heavy atom. The molecule has 6 atom stereocenters. The number of nitrogens with one attached hydrogen (secondary N) is 1. The number of hydrogen-bond donors (Lipinski definition) is 1. The summed E-state index contributed by atoms with van der Waals surface area (Å²) in [6, 6.07) is 14.5. The Hall–Kier alpha value is -1.99. The van der Waals surface area contributed by atoms with Crippen LogP contribution in [-0.2, 0) is 16.0 Å². The van der Waals surface area contributed by atoms with Gasteiger partial charge in [0.25, 0.3) is 5.91 Å². The molecule has 160 valence electrons. The Bertz CT molecular complexity index is 1060. The van der Waals surface area contributed by atoms with Gasteiger partial charge in [0.1, 0.15) is 0 Å². The molecule has 5 rings (SSSR count). The highest BCUT2D eigenvalue weighted by Gasteiger charge is 2.66. The lowest BCUT2D eigenvalue weighted by molar-refractivity contribution is -0.123. The van der Waals surface area contributed by atoms with Gasteiger partial charge >= 0.3 is 0 Å². The minimum atomic E-state index is -0.325. The monoisotopic (exact) mass is 544 g/mol. The van der Waals surface area contributed by atoms with Crippen LogP contribution >= 0.6 is 31.9 Å². The molecule has 1 N–H and O–H groups in total. The van der Waals surface area contributed by atoms with Crippen molar-refractivity contribution in [3.63, 3.8) is 0 Å². The molecule has 2 aromatic carbocycles. The van der Waals surface area contributed by atoms with Crippen LogP contribution in [0.4, 0.5) is 11.4 Å². The van der Waals surface area contributed by atoms with Gasteiger partial charge in [-0.15, -0.1) is 0 Å². The first-order valence-corrected chi connectivity index (χ1v) is 12.4. The number of alkyl halides is 2. The zero-order valence-corrected chi connectivity index (χ0v) is 20.1. The van der Waals surface area contributed by atoms with Gasteiger partial charge in [0.2, 0.25) is 11.8 Å². The van der Waals surface area contributed by atoms with E-state index in [1.165, 1.54) is 4.90 Å². The lowest BCUT2D eigenvalue weighted by Gasteiger charge is -2.28. The molecule has 3 fully saturated rings. The number of anilines is 2. The van der Waals surface area contributed by atoms with E-state index in [-0.39, 0.29) is 51.0 Å². The molecule has 1 saturated heterocycles. The maximum absolute atomic E-state index is 13.4. The maximum atomic E-state index is 13.4. The van der Waals surface area contributed by atoms with Gasteiger partial charge in [0.15, 0.2) is 0 Å². The quantitative estimate of drug-likeness (QED) is 0.444. The molecule has 2 aromatic rings. The van der Waals surface area contributed by atoms with Crippen LogP contribution in [-0.4, -0.2) is 27.4 Å². The molecule has 0 spiro atoms. The van der Waals surface area contributed by atoms with Gasteiger partial charge in [0, 0.05) is 15.3 Å². The maximum Gasteiger partial charge on any atom is 0.257 e. The molecule has 1 aliphatic heterocycles. The first-order valence-electron chi connectivity index (χ1n) is 10.6. The molecule has 2 saturated carbocycles. The number of para-hydroxylation sites is 2. The van der Waals surface area contributed by atoms with Crippen molar-refractivity contribution in [3.8, 4) is 0 Å². The fraction of sp³-hybridized carbons (Fsp3) is 0.375. The van der Waals surface area contributed by atoms with Gasteiger partial charge in [0.05, 0.1) is 23.1 Å². The molecule has 31 heavy (non-hydrogen) atoms. The highest BCUT2D eigenvalue weighted by atomic mass is 79.9. The predicted molar refractivity (Wildman–Crippen MR) is 127 cm³/mol. The van der Waals surface area contributed by atoms with Crippen LogP contribution in [0, 0.1) is 23.7 Å². The van der Waals surface area contributed by atoms with Gasteiger partial charge in [-0.2, -0.15) is 0 Å². The number of rotatable bonds is 4. The summed E-state index contributed by atoms with van der Waals surface area (Å²) in [6.07, 6.45) is 1.66. The zero-order valence-electron chi connectivity index (χ0n) is 16.9.